The number of aliphatic hydroxyl groups is 4. The number of aromatic nitrogens is 2. The number of carbonyl (C=O) groups is 3. The fourth-order valence-corrected chi connectivity index (χ4v) is 10.5. The van der Waals surface area contributed by atoms with Crippen LogP contribution in [-0.2, 0) is 22.5 Å². The molecule has 0 radical (unpaired) electrons. The van der Waals surface area contributed by atoms with E-state index in [0.717, 1.165) is 48.2 Å². The Labute approximate surface area is 500 Å². The smallest absolute Gasteiger partial charge is 0.410 e. The van der Waals surface area contributed by atoms with Crippen LogP contribution in [0.3, 0.4) is 0 Å². The van der Waals surface area contributed by atoms with E-state index in [4.69, 9.17) is 43.9 Å². The molecular weight excluding hydrogens is 1100 g/mol. The van der Waals surface area contributed by atoms with E-state index in [1.807, 2.05) is 54.6 Å². The number of rotatable bonds is 24. The molecule has 2 aliphatic heterocycles. The van der Waals surface area contributed by atoms with Crippen LogP contribution < -0.4 is 24.3 Å². The molecule has 0 saturated carbocycles. The van der Waals surface area contributed by atoms with Crippen molar-refractivity contribution in [2.24, 2.45) is 0 Å². The molecule has 86 heavy (non-hydrogen) atoms. The van der Waals surface area contributed by atoms with Crippen LogP contribution in [-0.4, -0.2) is 120 Å². The van der Waals surface area contributed by atoms with Gasteiger partial charge in [0.15, 0.2) is 34.6 Å². The molecule has 454 valence electrons. The number of piperidine rings is 2. The molecule has 2 saturated heterocycles. The van der Waals surface area contributed by atoms with Crippen LogP contribution in [0, 0.1) is 11.6 Å². The average Bonchev–Trinajstić information content (AvgIpc) is 2.32. The fraction of sp³-hybridized carbons (Fsp3) is 0.368. The summed E-state index contributed by atoms with van der Waals surface area (Å²) in [7, 11) is 2.96. The van der Waals surface area contributed by atoms with Crippen LogP contribution in [0.4, 0.5) is 13.6 Å². The van der Waals surface area contributed by atoms with Crippen LogP contribution >= 0.6 is 0 Å². The van der Waals surface area contributed by atoms with Crippen molar-refractivity contribution in [3.63, 3.8) is 0 Å². The van der Waals surface area contributed by atoms with Crippen LogP contribution in [0.1, 0.15) is 126 Å². The lowest BCUT2D eigenvalue weighted by molar-refractivity contribution is 0.0395. The van der Waals surface area contributed by atoms with Crippen LogP contribution in [0.25, 0.3) is 22.5 Å². The molecule has 9 rings (SSSR count). The highest BCUT2D eigenvalue weighted by atomic mass is 19.1. The van der Waals surface area contributed by atoms with Crippen molar-refractivity contribution < 1.29 is 67.3 Å². The maximum Gasteiger partial charge on any atom is 0.410 e. The lowest BCUT2D eigenvalue weighted by Crippen LogP contribution is -2.38. The standard InChI is InChI=1S/C38H41FN2O7.C30H35FN2O5/c1-38(45,17-14-33(43)29-10-13-34(47-21-20-42)35(23-29)46-2)36-24-30(22-32(40-36)28-8-11-31(39)12-9-28)27-15-18-41(19-16-27)37(44)48-25-26-6-4-3-5-7-26;1-30(36,12-9-26(35)22-5-8-27(38-16-15-34)28(18-22)37-2)29-19-23(20-10-13-32-14-11-20)17-25(33-29)21-3-6-24(31)7-4-21/h3-13,22-24,27,42,45H,14-21,25H2,1-2H3;3-8,17-20,32,34,36H,9-16H2,1-2H3. The summed E-state index contributed by atoms with van der Waals surface area (Å²) >= 11 is 0. The second-order valence-electron chi connectivity index (χ2n) is 22.0. The molecule has 0 spiro atoms. The van der Waals surface area contributed by atoms with Gasteiger partial charge in [-0.15, -0.1) is 0 Å². The summed E-state index contributed by atoms with van der Waals surface area (Å²) in [5, 5.41) is 44.7. The summed E-state index contributed by atoms with van der Waals surface area (Å²) in [6.07, 6.45) is 3.38. The van der Waals surface area contributed by atoms with Crippen molar-refractivity contribution in [2.75, 3.05) is 66.8 Å². The number of Topliss-reactive ketones (excluding diaryl/α,β-unsaturated/α-hetero) is 2. The highest BCUT2D eigenvalue weighted by Crippen LogP contribution is 2.38. The van der Waals surface area contributed by atoms with Crippen LogP contribution in [0.5, 0.6) is 23.0 Å². The Morgan fingerprint density at radius 2 is 1.02 bits per heavy atom. The molecule has 2 unspecified atom stereocenters. The van der Waals surface area contributed by atoms with Crippen LogP contribution in [0.2, 0.25) is 0 Å². The van der Waals surface area contributed by atoms with Gasteiger partial charge in [0.1, 0.15) is 42.7 Å². The zero-order valence-corrected chi connectivity index (χ0v) is 49.1. The number of nitrogens with one attached hydrogen (secondary N) is 1. The largest absolute Gasteiger partial charge is 0.493 e. The van der Waals surface area contributed by atoms with Gasteiger partial charge in [0.25, 0.3) is 0 Å². The summed E-state index contributed by atoms with van der Waals surface area (Å²) in [4.78, 5) is 50.3. The van der Waals surface area contributed by atoms with Crippen molar-refractivity contribution in [1.29, 1.82) is 0 Å². The number of pyridine rings is 2. The van der Waals surface area contributed by atoms with E-state index in [1.54, 1.807) is 79.4 Å². The molecule has 2 aliphatic rings. The summed E-state index contributed by atoms with van der Waals surface area (Å²) in [6.45, 7) is 6.33. The molecule has 2 fully saturated rings. The number of nitrogens with zero attached hydrogens (tertiary/aromatic N) is 3. The first-order valence-electron chi connectivity index (χ1n) is 29.0. The number of hydrogen-bond acceptors (Lipinski definition) is 15. The van der Waals surface area contributed by atoms with Crippen LogP contribution in [0.15, 0.2) is 140 Å². The molecule has 7 aromatic rings. The maximum absolute atomic E-state index is 13.8. The Kier molecular flexibility index (Phi) is 22.5. The second-order valence-corrected chi connectivity index (χ2v) is 22.0. The number of methoxy groups -OCH3 is 2. The predicted octanol–water partition coefficient (Wildman–Crippen LogP) is 11.3. The van der Waals surface area contributed by atoms with Gasteiger partial charge in [-0.3, -0.25) is 9.59 Å². The zero-order valence-electron chi connectivity index (χ0n) is 49.1. The van der Waals surface area contributed by atoms with E-state index in [-0.39, 0.29) is 93.9 Å². The van der Waals surface area contributed by atoms with E-state index < -0.39 is 11.2 Å². The summed E-state index contributed by atoms with van der Waals surface area (Å²) in [5.41, 5.74) is 4.61. The third kappa shape index (κ3) is 17.3. The van der Waals surface area contributed by atoms with E-state index in [2.05, 4.69) is 5.32 Å². The van der Waals surface area contributed by atoms with Gasteiger partial charge in [-0.2, -0.15) is 0 Å². The Hall–Kier alpha value is -8.13. The molecule has 2 atom stereocenters. The number of aliphatic hydroxyl groups excluding tert-OH is 2. The first-order chi connectivity index (χ1) is 41.5. The normalized spacial score (nSPS) is 15.1. The van der Waals surface area contributed by atoms with E-state index >= 15 is 0 Å². The number of ketones is 2. The van der Waals surface area contributed by atoms with Gasteiger partial charge in [0, 0.05) is 48.2 Å². The zero-order chi connectivity index (χ0) is 61.2. The van der Waals surface area contributed by atoms with Gasteiger partial charge >= 0.3 is 6.09 Å². The molecule has 0 bridgehead atoms. The summed E-state index contributed by atoms with van der Waals surface area (Å²) in [5.74, 6) is 1.02. The molecule has 16 nitrogen and oxygen atoms in total. The van der Waals surface area contributed by atoms with Crippen molar-refractivity contribution in [1.82, 2.24) is 20.2 Å². The van der Waals surface area contributed by atoms with Gasteiger partial charge in [-0.1, -0.05) is 30.3 Å². The Morgan fingerprint density at radius 3 is 1.45 bits per heavy atom. The van der Waals surface area contributed by atoms with Crippen molar-refractivity contribution in [3.05, 3.63) is 190 Å². The maximum atomic E-state index is 13.8. The van der Waals surface area contributed by atoms with E-state index in [0.29, 0.717) is 94.3 Å². The first-order valence-corrected chi connectivity index (χ1v) is 29.0. The van der Waals surface area contributed by atoms with E-state index in [1.165, 1.54) is 38.5 Å². The number of carbonyl (C=O) groups excluding carboxylic acids is 3. The van der Waals surface area contributed by atoms with Gasteiger partial charge in [0.2, 0.25) is 0 Å². The molecular formula is C68H76F2N4O12. The summed E-state index contributed by atoms with van der Waals surface area (Å²) < 4.78 is 54.5. The lowest BCUT2D eigenvalue weighted by atomic mass is 9.85. The molecule has 1 amide bonds. The number of likely N-dealkylation sites (tertiary alicyclic amines) is 1. The minimum absolute atomic E-state index is 0.0360. The van der Waals surface area contributed by atoms with Crippen molar-refractivity contribution in [3.8, 4) is 45.5 Å². The Bertz CT molecular complexity index is 3370. The third-order valence-electron chi connectivity index (χ3n) is 15.7. The SMILES string of the molecule is COc1cc(C(=O)CCC(C)(O)c2cc(C3CCN(C(=O)OCc4ccccc4)CC3)cc(-c3ccc(F)cc3)n2)ccc1OCCO.COc1cc(C(=O)CCC(C)(O)c2cc(C3CCNCC3)cc(-c3ccc(F)cc3)n2)ccc1OCCO. The minimum atomic E-state index is -1.46. The highest BCUT2D eigenvalue weighted by molar-refractivity contribution is 5.97. The molecule has 5 aromatic carbocycles. The number of amides is 1. The molecule has 4 heterocycles. The monoisotopic (exact) mass is 1180 g/mol. The molecule has 5 N–H and O–H groups in total. The van der Waals surface area contributed by atoms with Gasteiger partial charge < -0.3 is 54.3 Å². The second kappa shape index (κ2) is 30.3. The quantitative estimate of drug-likeness (QED) is 0.0355. The predicted molar refractivity (Wildman–Crippen MR) is 322 cm³/mol. The number of benzene rings is 5. The Balaban J connectivity index is 0.000000230. The summed E-state index contributed by atoms with van der Waals surface area (Å²) in [6, 6.07) is 39.3. The topological polar surface area (TPSA) is 219 Å². The van der Waals surface area contributed by atoms with E-state index in [9.17, 15) is 33.4 Å². The average molecular weight is 1180 g/mol. The highest BCUT2D eigenvalue weighted by Gasteiger charge is 2.32. The molecule has 18 heteroatoms. The molecule has 0 aliphatic carbocycles. The first kappa shape index (κ1) is 63.9. The van der Waals surface area contributed by atoms with Crippen molar-refractivity contribution in [2.45, 2.75) is 94.9 Å². The number of halogens is 2. The fourth-order valence-electron chi connectivity index (χ4n) is 10.5. The van der Waals surface area contributed by atoms with Crippen molar-refractivity contribution >= 4 is 17.7 Å². The van der Waals surface area contributed by atoms with Gasteiger partial charge in [-0.05, 0) is 203 Å². The van der Waals surface area contributed by atoms with Gasteiger partial charge in [-0.25, -0.2) is 23.5 Å². The minimum Gasteiger partial charge on any atom is -0.493 e. The Morgan fingerprint density at radius 1 is 0.581 bits per heavy atom. The number of ether oxygens (including phenoxy) is 5. The lowest BCUT2D eigenvalue weighted by Gasteiger charge is -2.32. The number of hydrogen-bond donors (Lipinski definition) is 5. The molecule has 2 aromatic heterocycles. The third-order valence-corrected chi connectivity index (χ3v) is 15.7. The van der Waals surface area contributed by atoms with Gasteiger partial charge in [0.05, 0.1) is 50.2 Å².